The molecule has 1 aliphatic heterocycles. The zero-order valence-corrected chi connectivity index (χ0v) is 13.1. The molecule has 0 radical (unpaired) electrons. The first-order valence-electron chi connectivity index (χ1n) is 7.81. The molecule has 1 aliphatic rings. The number of aromatic amines is 1. The molecular formula is C17H14FN5O2. The summed E-state index contributed by atoms with van der Waals surface area (Å²) in [5, 5.41) is 13.1. The molecule has 3 aromatic rings. The summed E-state index contributed by atoms with van der Waals surface area (Å²) in [5.41, 5.74) is 1.84. The van der Waals surface area contributed by atoms with Crippen molar-refractivity contribution in [2.45, 2.75) is 12.5 Å². The molecule has 0 unspecified atom stereocenters. The number of H-pyrrole nitrogens is 1. The van der Waals surface area contributed by atoms with Crippen LogP contribution in [0.15, 0.2) is 42.5 Å². The average Bonchev–Trinajstić information content (AvgIpc) is 3.22. The van der Waals surface area contributed by atoms with Gasteiger partial charge in [-0.3, -0.25) is 9.59 Å². The Labute approximate surface area is 141 Å². The van der Waals surface area contributed by atoms with Crippen LogP contribution in [0.1, 0.15) is 16.8 Å². The fourth-order valence-electron chi connectivity index (χ4n) is 2.95. The van der Waals surface area contributed by atoms with Crippen molar-refractivity contribution in [2.24, 2.45) is 0 Å². The first-order chi connectivity index (χ1) is 12.1. The minimum absolute atomic E-state index is 0.230. The fraction of sp³-hybridized carbons (Fsp3) is 0.176. The van der Waals surface area contributed by atoms with Crippen molar-refractivity contribution in [3.05, 3.63) is 53.8 Å². The lowest BCUT2D eigenvalue weighted by Gasteiger charge is -2.17. The van der Waals surface area contributed by atoms with Gasteiger partial charge in [0.1, 0.15) is 22.9 Å². The van der Waals surface area contributed by atoms with E-state index in [9.17, 15) is 14.0 Å². The maximum absolute atomic E-state index is 13.9. The molecule has 2 aromatic carbocycles. The molecule has 2 heterocycles. The van der Waals surface area contributed by atoms with Gasteiger partial charge in [-0.2, -0.15) is 15.4 Å². The van der Waals surface area contributed by atoms with Gasteiger partial charge in [0.05, 0.1) is 5.69 Å². The first-order valence-corrected chi connectivity index (χ1v) is 7.81. The van der Waals surface area contributed by atoms with Gasteiger partial charge in [-0.05, 0) is 36.8 Å². The van der Waals surface area contributed by atoms with Gasteiger partial charge in [-0.1, -0.05) is 12.1 Å². The zero-order chi connectivity index (χ0) is 17.4. The number of rotatable bonds is 3. The summed E-state index contributed by atoms with van der Waals surface area (Å²) < 4.78 is 13.9. The van der Waals surface area contributed by atoms with E-state index >= 15 is 0 Å². The van der Waals surface area contributed by atoms with E-state index in [1.54, 1.807) is 36.4 Å². The number of aromatic nitrogens is 3. The summed E-state index contributed by atoms with van der Waals surface area (Å²) in [6, 6.07) is 10.3. The van der Waals surface area contributed by atoms with E-state index in [1.807, 2.05) is 0 Å². The molecule has 8 heteroatoms. The molecule has 0 bridgehead atoms. The van der Waals surface area contributed by atoms with Crippen LogP contribution in [0.2, 0.25) is 0 Å². The number of hydrogen-bond acceptors (Lipinski definition) is 4. The second kappa shape index (κ2) is 5.97. The van der Waals surface area contributed by atoms with Gasteiger partial charge in [-0.15, -0.1) is 0 Å². The molecule has 0 saturated carbocycles. The molecular weight excluding hydrogens is 325 g/mol. The van der Waals surface area contributed by atoms with Gasteiger partial charge >= 0.3 is 0 Å². The van der Waals surface area contributed by atoms with E-state index in [2.05, 4.69) is 20.7 Å². The Morgan fingerprint density at radius 3 is 2.84 bits per heavy atom. The number of carbonyl (C=O) groups excluding carboxylic acids is 2. The molecule has 0 aliphatic carbocycles. The van der Waals surface area contributed by atoms with Crippen LogP contribution in [-0.2, 0) is 4.79 Å². The highest BCUT2D eigenvalue weighted by Gasteiger charge is 2.34. The van der Waals surface area contributed by atoms with Crippen LogP contribution in [0.5, 0.6) is 0 Å². The quantitative estimate of drug-likeness (QED) is 0.759. The van der Waals surface area contributed by atoms with Gasteiger partial charge in [-0.25, -0.2) is 4.39 Å². The molecule has 0 spiro atoms. The molecule has 4 rings (SSSR count). The Hall–Kier alpha value is -3.29. The standard InChI is InChI=1S/C17H14FN5O2/c18-11-3-1-2-4-15(11)23-8-7-13(17(23)25)19-16(24)10-5-6-12-14(9-10)21-22-20-12/h1-6,9,13H,7-8H2,(H,19,24)(H,20,21,22)/t13-/m1/s1. The maximum Gasteiger partial charge on any atom is 0.252 e. The summed E-state index contributed by atoms with van der Waals surface area (Å²) in [7, 11) is 0. The average molecular weight is 339 g/mol. The molecule has 1 atom stereocenters. The Morgan fingerprint density at radius 1 is 1.20 bits per heavy atom. The zero-order valence-electron chi connectivity index (χ0n) is 13.1. The summed E-state index contributed by atoms with van der Waals surface area (Å²) in [5.74, 6) is -1.15. The van der Waals surface area contributed by atoms with Crippen LogP contribution < -0.4 is 10.2 Å². The molecule has 126 valence electrons. The number of para-hydroxylation sites is 1. The highest BCUT2D eigenvalue weighted by molar-refractivity contribution is 6.04. The third kappa shape index (κ3) is 2.71. The number of nitrogens with one attached hydrogen (secondary N) is 2. The second-order valence-corrected chi connectivity index (χ2v) is 5.78. The molecule has 25 heavy (non-hydrogen) atoms. The normalized spacial score (nSPS) is 17.2. The Morgan fingerprint density at radius 2 is 2.00 bits per heavy atom. The smallest absolute Gasteiger partial charge is 0.252 e. The van der Waals surface area contributed by atoms with Crippen molar-refractivity contribution < 1.29 is 14.0 Å². The van der Waals surface area contributed by atoms with Gasteiger partial charge < -0.3 is 10.2 Å². The number of nitrogens with zero attached hydrogens (tertiary/aromatic N) is 3. The van der Waals surface area contributed by atoms with Crippen LogP contribution >= 0.6 is 0 Å². The number of carbonyl (C=O) groups is 2. The lowest BCUT2D eigenvalue weighted by atomic mass is 10.1. The van der Waals surface area contributed by atoms with Crippen LogP contribution in [-0.4, -0.2) is 39.8 Å². The Bertz CT molecular complexity index is 970. The first kappa shape index (κ1) is 15.3. The molecule has 2 N–H and O–H groups in total. The number of benzene rings is 2. The number of amides is 2. The molecule has 1 fully saturated rings. The largest absolute Gasteiger partial charge is 0.340 e. The predicted octanol–water partition coefficient (Wildman–Crippen LogP) is 1.63. The lowest BCUT2D eigenvalue weighted by Crippen LogP contribution is -2.41. The SMILES string of the molecule is O=C(N[C@@H]1CCN(c2ccccc2F)C1=O)c1ccc2n[nH]nc2c1. The van der Waals surface area contributed by atoms with Crippen molar-refractivity contribution in [2.75, 3.05) is 11.4 Å². The van der Waals surface area contributed by atoms with Crippen LogP contribution in [0.25, 0.3) is 11.0 Å². The third-order valence-electron chi connectivity index (χ3n) is 4.23. The summed E-state index contributed by atoms with van der Waals surface area (Å²) in [6.07, 6.45) is 0.422. The molecule has 1 aromatic heterocycles. The van der Waals surface area contributed by atoms with E-state index in [1.165, 1.54) is 11.0 Å². The van der Waals surface area contributed by atoms with E-state index in [0.717, 1.165) is 0 Å². The minimum atomic E-state index is -0.680. The molecule has 1 saturated heterocycles. The summed E-state index contributed by atoms with van der Waals surface area (Å²) in [4.78, 5) is 26.3. The summed E-state index contributed by atoms with van der Waals surface area (Å²) in [6.45, 7) is 0.354. The lowest BCUT2D eigenvalue weighted by molar-refractivity contribution is -0.118. The predicted molar refractivity (Wildman–Crippen MR) is 88.5 cm³/mol. The monoisotopic (exact) mass is 339 g/mol. The van der Waals surface area contributed by atoms with Crippen molar-refractivity contribution in [3.63, 3.8) is 0 Å². The summed E-state index contributed by atoms with van der Waals surface area (Å²) >= 11 is 0. The number of fused-ring (bicyclic) bond motifs is 1. The Balaban J connectivity index is 1.50. The van der Waals surface area contributed by atoms with Crippen molar-refractivity contribution in [3.8, 4) is 0 Å². The van der Waals surface area contributed by atoms with E-state index in [0.29, 0.717) is 29.6 Å². The minimum Gasteiger partial charge on any atom is -0.340 e. The van der Waals surface area contributed by atoms with Gasteiger partial charge in [0.25, 0.3) is 5.91 Å². The van der Waals surface area contributed by atoms with Gasteiger partial charge in [0, 0.05) is 12.1 Å². The Kier molecular flexibility index (Phi) is 3.64. The topological polar surface area (TPSA) is 91.0 Å². The van der Waals surface area contributed by atoms with Crippen LogP contribution in [0, 0.1) is 5.82 Å². The van der Waals surface area contributed by atoms with E-state index < -0.39 is 11.9 Å². The van der Waals surface area contributed by atoms with Crippen molar-refractivity contribution in [1.82, 2.24) is 20.7 Å². The maximum atomic E-state index is 13.9. The highest BCUT2D eigenvalue weighted by Crippen LogP contribution is 2.24. The van der Waals surface area contributed by atoms with Crippen molar-refractivity contribution >= 4 is 28.5 Å². The van der Waals surface area contributed by atoms with Gasteiger partial charge in [0.2, 0.25) is 5.91 Å². The highest BCUT2D eigenvalue weighted by atomic mass is 19.1. The second-order valence-electron chi connectivity index (χ2n) is 5.78. The van der Waals surface area contributed by atoms with Crippen molar-refractivity contribution in [1.29, 1.82) is 0 Å². The van der Waals surface area contributed by atoms with Gasteiger partial charge in [0.15, 0.2) is 0 Å². The fourth-order valence-corrected chi connectivity index (χ4v) is 2.95. The third-order valence-corrected chi connectivity index (χ3v) is 4.23. The van der Waals surface area contributed by atoms with Crippen LogP contribution in [0.4, 0.5) is 10.1 Å². The molecule has 7 nitrogen and oxygen atoms in total. The number of halogens is 1. The number of hydrogen-bond donors (Lipinski definition) is 2. The van der Waals surface area contributed by atoms with E-state index in [-0.39, 0.29) is 17.5 Å². The van der Waals surface area contributed by atoms with E-state index in [4.69, 9.17) is 0 Å². The molecule has 2 amide bonds. The number of anilines is 1. The van der Waals surface area contributed by atoms with Crippen LogP contribution in [0.3, 0.4) is 0 Å².